The molecule has 0 amide bonds. The number of aromatic nitrogens is 1. The molecule has 2 N–H and O–H groups in total. The largest absolute Gasteiger partial charge is 0.399 e. The Kier molecular flexibility index (Phi) is 5.76. The second-order valence-electron chi connectivity index (χ2n) is 4.62. The number of ether oxygens (including phenoxy) is 2. The van der Waals surface area contributed by atoms with Gasteiger partial charge in [-0.05, 0) is 30.9 Å². The minimum Gasteiger partial charge on any atom is -0.399 e. The molecule has 0 bridgehead atoms. The lowest BCUT2D eigenvalue weighted by molar-refractivity contribution is 0.0681. The van der Waals surface area contributed by atoms with Crippen molar-refractivity contribution in [2.75, 3.05) is 38.9 Å². The van der Waals surface area contributed by atoms with Crippen LogP contribution in [0.1, 0.15) is 6.42 Å². The molecule has 5 heteroatoms. The Labute approximate surface area is 124 Å². The van der Waals surface area contributed by atoms with Crippen LogP contribution in [0.5, 0.6) is 0 Å². The van der Waals surface area contributed by atoms with E-state index in [-0.39, 0.29) is 0 Å². The van der Waals surface area contributed by atoms with Crippen LogP contribution in [0.4, 0.5) is 5.69 Å². The van der Waals surface area contributed by atoms with Gasteiger partial charge in [-0.25, -0.2) is 0 Å². The fraction of sp³-hybridized carbons (Fsp3) is 0.467. The van der Waals surface area contributed by atoms with Crippen molar-refractivity contribution in [2.45, 2.75) is 17.9 Å². The number of anilines is 1. The summed E-state index contributed by atoms with van der Waals surface area (Å²) >= 11 is 1.73. The van der Waals surface area contributed by atoms with Gasteiger partial charge in [0.25, 0.3) is 0 Å². The minimum atomic E-state index is 0.653. The van der Waals surface area contributed by atoms with E-state index in [2.05, 4.69) is 23.1 Å². The SMILES string of the molecule is COCCOCCCn1ccc2c(SC)cc(N)cc21. The number of nitrogens with two attached hydrogens (primary N) is 1. The summed E-state index contributed by atoms with van der Waals surface area (Å²) in [6.07, 6.45) is 5.19. The third-order valence-electron chi connectivity index (χ3n) is 3.21. The van der Waals surface area contributed by atoms with Gasteiger partial charge in [-0.1, -0.05) is 0 Å². The molecule has 110 valence electrons. The second kappa shape index (κ2) is 7.57. The average Bonchev–Trinajstić information content (AvgIpc) is 2.85. The van der Waals surface area contributed by atoms with Crippen LogP contribution in [0.2, 0.25) is 0 Å². The zero-order valence-electron chi connectivity index (χ0n) is 12.1. The highest BCUT2D eigenvalue weighted by atomic mass is 32.2. The molecule has 0 aliphatic carbocycles. The molecule has 2 aromatic rings. The maximum atomic E-state index is 5.97. The molecule has 0 saturated heterocycles. The number of hydrogen-bond acceptors (Lipinski definition) is 4. The smallest absolute Gasteiger partial charge is 0.0700 e. The maximum Gasteiger partial charge on any atom is 0.0700 e. The Hall–Kier alpha value is -1.17. The van der Waals surface area contributed by atoms with Gasteiger partial charge in [0.05, 0.1) is 18.7 Å². The summed E-state index contributed by atoms with van der Waals surface area (Å²) < 4.78 is 12.7. The molecule has 0 spiro atoms. The summed E-state index contributed by atoms with van der Waals surface area (Å²) in [5.41, 5.74) is 7.99. The molecular formula is C15H22N2O2S. The van der Waals surface area contributed by atoms with Crippen LogP contribution in [-0.2, 0) is 16.0 Å². The van der Waals surface area contributed by atoms with Gasteiger partial charge < -0.3 is 19.8 Å². The predicted octanol–water partition coefficient (Wildman–Crippen LogP) is 3.00. The number of aryl methyl sites for hydroxylation is 1. The number of hydrogen-bond donors (Lipinski definition) is 1. The molecular weight excluding hydrogens is 272 g/mol. The molecule has 0 unspecified atom stereocenters. The standard InChI is InChI=1S/C15H22N2O2S/c1-18-8-9-19-7-3-5-17-6-4-13-14(17)10-12(16)11-15(13)20-2/h4,6,10-11H,3,5,7-9,16H2,1-2H3. The van der Waals surface area contributed by atoms with E-state index in [0.717, 1.165) is 25.3 Å². The van der Waals surface area contributed by atoms with Crippen LogP contribution >= 0.6 is 11.8 Å². The van der Waals surface area contributed by atoms with Gasteiger partial charge in [-0.2, -0.15) is 0 Å². The molecule has 2 rings (SSSR count). The molecule has 20 heavy (non-hydrogen) atoms. The van der Waals surface area contributed by atoms with Crippen molar-refractivity contribution in [3.8, 4) is 0 Å². The fourth-order valence-corrected chi connectivity index (χ4v) is 2.87. The average molecular weight is 294 g/mol. The Morgan fingerprint density at radius 2 is 2.10 bits per heavy atom. The van der Waals surface area contributed by atoms with E-state index in [4.69, 9.17) is 15.2 Å². The van der Waals surface area contributed by atoms with Gasteiger partial charge >= 0.3 is 0 Å². The molecule has 0 aliphatic heterocycles. The highest BCUT2D eigenvalue weighted by Gasteiger charge is 2.06. The van der Waals surface area contributed by atoms with Crippen molar-refractivity contribution in [1.82, 2.24) is 4.57 Å². The van der Waals surface area contributed by atoms with Crippen LogP contribution < -0.4 is 5.73 Å². The van der Waals surface area contributed by atoms with Gasteiger partial charge in [-0.15, -0.1) is 11.8 Å². The van der Waals surface area contributed by atoms with Crippen molar-refractivity contribution in [1.29, 1.82) is 0 Å². The first kappa shape index (κ1) is 15.2. The van der Waals surface area contributed by atoms with E-state index in [0.29, 0.717) is 13.2 Å². The van der Waals surface area contributed by atoms with Crippen molar-refractivity contribution in [3.63, 3.8) is 0 Å². The third kappa shape index (κ3) is 3.69. The molecule has 1 aromatic carbocycles. The van der Waals surface area contributed by atoms with E-state index in [1.165, 1.54) is 15.8 Å². The molecule has 0 saturated carbocycles. The van der Waals surface area contributed by atoms with Crippen LogP contribution in [0, 0.1) is 0 Å². The van der Waals surface area contributed by atoms with E-state index >= 15 is 0 Å². The molecule has 0 aliphatic rings. The highest BCUT2D eigenvalue weighted by molar-refractivity contribution is 7.98. The number of benzene rings is 1. The zero-order chi connectivity index (χ0) is 14.4. The monoisotopic (exact) mass is 294 g/mol. The lowest BCUT2D eigenvalue weighted by Gasteiger charge is -2.08. The van der Waals surface area contributed by atoms with Gasteiger partial charge in [0, 0.05) is 42.4 Å². The summed E-state index contributed by atoms with van der Waals surface area (Å²) in [6.45, 7) is 3.00. The van der Waals surface area contributed by atoms with Crippen molar-refractivity contribution < 1.29 is 9.47 Å². The lowest BCUT2D eigenvalue weighted by Crippen LogP contribution is -2.06. The number of nitrogens with zero attached hydrogens (tertiary/aromatic N) is 1. The third-order valence-corrected chi connectivity index (χ3v) is 3.99. The molecule has 4 nitrogen and oxygen atoms in total. The van der Waals surface area contributed by atoms with Gasteiger partial charge in [0.2, 0.25) is 0 Å². The Bertz CT molecular complexity index is 554. The first-order valence-corrected chi connectivity index (χ1v) is 7.97. The molecule has 1 aromatic heterocycles. The summed E-state index contributed by atoms with van der Waals surface area (Å²) in [5, 5.41) is 1.27. The molecule has 0 atom stereocenters. The van der Waals surface area contributed by atoms with E-state index in [1.54, 1.807) is 18.9 Å². The molecule has 0 fully saturated rings. The quantitative estimate of drug-likeness (QED) is 0.462. The Morgan fingerprint density at radius 1 is 1.25 bits per heavy atom. The normalized spacial score (nSPS) is 11.3. The van der Waals surface area contributed by atoms with Crippen molar-refractivity contribution in [2.24, 2.45) is 0 Å². The number of rotatable bonds is 8. The van der Waals surface area contributed by atoms with Crippen molar-refractivity contribution in [3.05, 3.63) is 24.4 Å². The summed E-state index contributed by atoms with van der Waals surface area (Å²) in [7, 11) is 1.68. The Balaban J connectivity index is 1.99. The summed E-state index contributed by atoms with van der Waals surface area (Å²) in [6, 6.07) is 6.23. The minimum absolute atomic E-state index is 0.653. The number of nitrogen functional groups attached to an aromatic ring is 1. The van der Waals surface area contributed by atoms with Crippen LogP contribution in [0.3, 0.4) is 0 Å². The Morgan fingerprint density at radius 3 is 2.85 bits per heavy atom. The molecule has 1 heterocycles. The first-order valence-electron chi connectivity index (χ1n) is 6.75. The van der Waals surface area contributed by atoms with Gasteiger partial charge in [-0.3, -0.25) is 0 Å². The van der Waals surface area contributed by atoms with Gasteiger partial charge in [0.15, 0.2) is 0 Å². The second-order valence-corrected chi connectivity index (χ2v) is 5.47. The highest BCUT2D eigenvalue weighted by Crippen LogP contribution is 2.30. The van der Waals surface area contributed by atoms with Crippen LogP contribution in [0.25, 0.3) is 10.9 Å². The number of methoxy groups -OCH3 is 1. The van der Waals surface area contributed by atoms with E-state index < -0.39 is 0 Å². The predicted molar refractivity (Wildman–Crippen MR) is 85.4 cm³/mol. The number of thioether (sulfide) groups is 1. The topological polar surface area (TPSA) is 49.4 Å². The maximum absolute atomic E-state index is 5.97. The van der Waals surface area contributed by atoms with E-state index in [9.17, 15) is 0 Å². The number of fused-ring (bicyclic) bond motifs is 1. The first-order chi connectivity index (χ1) is 9.76. The van der Waals surface area contributed by atoms with E-state index in [1.807, 2.05) is 12.1 Å². The van der Waals surface area contributed by atoms with Crippen molar-refractivity contribution >= 4 is 28.4 Å². The van der Waals surface area contributed by atoms with Crippen LogP contribution in [-0.4, -0.2) is 37.8 Å². The molecule has 0 radical (unpaired) electrons. The van der Waals surface area contributed by atoms with Crippen LogP contribution in [0.15, 0.2) is 29.3 Å². The lowest BCUT2D eigenvalue weighted by atomic mass is 10.2. The fourth-order valence-electron chi connectivity index (χ4n) is 2.23. The van der Waals surface area contributed by atoms with Gasteiger partial charge in [0.1, 0.15) is 0 Å². The zero-order valence-corrected chi connectivity index (χ0v) is 12.9. The summed E-state index contributed by atoms with van der Waals surface area (Å²) in [5.74, 6) is 0. The summed E-state index contributed by atoms with van der Waals surface area (Å²) in [4.78, 5) is 1.23.